The molecular formula is C10H9ClN2O3. The molecule has 0 aromatic heterocycles. The lowest BCUT2D eigenvalue weighted by molar-refractivity contribution is -0.133. The molecule has 1 heterocycles. The van der Waals surface area contributed by atoms with Gasteiger partial charge in [-0.1, -0.05) is 29.8 Å². The molecule has 4 N–H and O–H groups in total. The molecule has 1 atom stereocenters. The SMILES string of the molecule is NC(=O)C1(C(N)=O)OC1c1ccccc1Cl. The van der Waals surface area contributed by atoms with Gasteiger partial charge >= 0.3 is 0 Å². The van der Waals surface area contributed by atoms with Crippen molar-refractivity contribution in [2.45, 2.75) is 11.7 Å². The first-order valence-electron chi connectivity index (χ1n) is 4.52. The van der Waals surface area contributed by atoms with E-state index in [0.717, 1.165) is 0 Å². The number of primary amides is 2. The van der Waals surface area contributed by atoms with E-state index in [9.17, 15) is 9.59 Å². The van der Waals surface area contributed by atoms with Crippen molar-refractivity contribution in [3.05, 3.63) is 34.9 Å². The summed E-state index contributed by atoms with van der Waals surface area (Å²) in [4.78, 5) is 22.3. The van der Waals surface area contributed by atoms with Gasteiger partial charge in [-0.15, -0.1) is 0 Å². The van der Waals surface area contributed by atoms with E-state index in [4.69, 9.17) is 27.8 Å². The van der Waals surface area contributed by atoms with E-state index in [1.807, 2.05) is 0 Å². The number of amides is 2. The number of nitrogens with two attached hydrogens (primary N) is 2. The maximum absolute atomic E-state index is 11.2. The fourth-order valence-electron chi connectivity index (χ4n) is 1.62. The van der Waals surface area contributed by atoms with Crippen LogP contribution in [0.25, 0.3) is 0 Å². The first kappa shape index (κ1) is 10.9. The Hall–Kier alpha value is -1.59. The lowest BCUT2D eigenvalue weighted by atomic mass is 9.98. The number of carbonyl (C=O) groups is 2. The third-order valence-electron chi connectivity index (χ3n) is 2.54. The smallest absolute Gasteiger partial charge is 0.262 e. The first-order chi connectivity index (χ1) is 7.50. The average molecular weight is 241 g/mol. The lowest BCUT2D eigenvalue weighted by Gasteiger charge is -2.04. The van der Waals surface area contributed by atoms with E-state index in [2.05, 4.69) is 0 Å². The standard InChI is InChI=1S/C10H9ClN2O3/c11-6-4-2-1-3-5(6)7-10(16-7,8(12)14)9(13)15/h1-4,7H,(H2,12,14)(H2,13,15). The molecule has 1 saturated heterocycles. The highest BCUT2D eigenvalue weighted by atomic mass is 35.5. The predicted molar refractivity (Wildman–Crippen MR) is 56.4 cm³/mol. The van der Waals surface area contributed by atoms with Crippen molar-refractivity contribution in [3.63, 3.8) is 0 Å². The zero-order valence-corrected chi connectivity index (χ0v) is 8.90. The van der Waals surface area contributed by atoms with Crippen LogP contribution in [-0.4, -0.2) is 17.4 Å². The number of carbonyl (C=O) groups excluding carboxylic acids is 2. The van der Waals surface area contributed by atoms with Crippen LogP contribution < -0.4 is 11.5 Å². The molecule has 1 aromatic rings. The summed E-state index contributed by atoms with van der Waals surface area (Å²) in [5.41, 5.74) is 8.99. The Morgan fingerprint density at radius 3 is 2.25 bits per heavy atom. The van der Waals surface area contributed by atoms with Gasteiger partial charge in [0.15, 0.2) is 0 Å². The first-order valence-corrected chi connectivity index (χ1v) is 4.90. The van der Waals surface area contributed by atoms with Crippen molar-refractivity contribution >= 4 is 23.4 Å². The van der Waals surface area contributed by atoms with Gasteiger partial charge in [-0.3, -0.25) is 9.59 Å². The van der Waals surface area contributed by atoms with Crippen LogP contribution in [-0.2, 0) is 14.3 Å². The molecule has 2 amide bonds. The summed E-state index contributed by atoms with van der Waals surface area (Å²) in [5, 5.41) is 0.400. The van der Waals surface area contributed by atoms with E-state index in [1.165, 1.54) is 0 Å². The quantitative estimate of drug-likeness (QED) is 0.580. The minimum absolute atomic E-state index is 0.400. The summed E-state index contributed by atoms with van der Waals surface area (Å²) in [6, 6.07) is 6.73. The summed E-state index contributed by atoms with van der Waals surface area (Å²) in [6.45, 7) is 0. The second kappa shape index (κ2) is 3.47. The van der Waals surface area contributed by atoms with Crippen molar-refractivity contribution in [1.29, 1.82) is 0 Å². The molecule has 6 heteroatoms. The van der Waals surface area contributed by atoms with E-state index in [1.54, 1.807) is 24.3 Å². The van der Waals surface area contributed by atoms with E-state index >= 15 is 0 Å². The molecule has 1 aromatic carbocycles. The summed E-state index contributed by atoms with van der Waals surface area (Å²) in [7, 11) is 0. The van der Waals surface area contributed by atoms with Crippen LogP contribution in [0.3, 0.4) is 0 Å². The minimum Gasteiger partial charge on any atom is -0.367 e. The van der Waals surface area contributed by atoms with Gasteiger partial charge < -0.3 is 16.2 Å². The average Bonchev–Trinajstić information content (AvgIpc) is 2.94. The molecule has 0 spiro atoms. The molecule has 1 aliphatic heterocycles. The number of rotatable bonds is 3. The van der Waals surface area contributed by atoms with Crippen LogP contribution in [0.1, 0.15) is 11.7 Å². The molecule has 1 unspecified atom stereocenters. The van der Waals surface area contributed by atoms with Gasteiger partial charge in [0, 0.05) is 10.6 Å². The van der Waals surface area contributed by atoms with Gasteiger partial charge in [-0.25, -0.2) is 0 Å². The Bertz CT molecular complexity index is 461. The number of benzene rings is 1. The monoisotopic (exact) mass is 240 g/mol. The van der Waals surface area contributed by atoms with E-state index in [-0.39, 0.29) is 0 Å². The highest BCUT2D eigenvalue weighted by Gasteiger charge is 2.67. The number of hydrogen-bond donors (Lipinski definition) is 2. The van der Waals surface area contributed by atoms with Crippen molar-refractivity contribution in [2.24, 2.45) is 11.5 Å². The number of ether oxygens (including phenoxy) is 1. The maximum atomic E-state index is 11.2. The van der Waals surface area contributed by atoms with Gasteiger partial charge in [0.05, 0.1) is 0 Å². The molecule has 0 saturated carbocycles. The zero-order valence-electron chi connectivity index (χ0n) is 8.14. The van der Waals surface area contributed by atoms with Gasteiger partial charge in [0.25, 0.3) is 17.4 Å². The highest BCUT2D eigenvalue weighted by molar-refractivity contribution is 6.31. The van der Waals surface area contributed by atoms with Gasteiger partial charge in [0.2, 0.25) is 0 Å². The summed E-state index contributed by atoms with van der Waals surface area (Å²) in [5.74, 6) is -1.80. The van der Waals surface area contributed by atoms with Gasteiger partial charge in [-0.2, -0.15) is 0 Å². The second-order valence-electron chi connectivity index (χ2n) is 3.48. The maximum Gasteiger partial charge on any atom is 0.262 e. The molecular weight excluding hydrogens is 232 g/mol. The topological polar surface area (TPSA) is 98.7 Å². The third kappa shape index (κ3) is 1.36. The fourth-order valence-corrected chi connectivity index (χ4v) is 1.85. The van der Waals surface area contributed by atoms with E-state index < -0.39 is 23.5 Å². The number of hydrogen-bond acceptors (Lipinski definition) is 3. The minimum atomic E-state index is -1.75. The van der Waals surface area contributed by atoms with Crippen LogP contribution >= 0.6 is 11.6 Å². The van der Waals surface area contributed by atoms with Crippen molar-refractivity contribution < 1.29 is 14.3 Å². The van der Waals surface area contributed by atoms with Crippen LogP contribution in [0.2, 0.25) is 5.02 Å². The molecule has 5 nitrogen and oxygen atoms in total. The Morgan fingerprint density at radius 2 is 1.81 bits per heavy atom. The van der Waals surface area contributed by atoms with Crippen LogP contribution in [0, 0.1) is 0 Å². The Kier molecular flexibility index (Phi) is 2.36. The molecule has 1 fully saturated rings. The summed E-state index contributed by atoms with van der Waals surface area (Å²) >= 11 is 5.91. The second-order valence-corrected chi connectivity index (χ2v) is 3.89. The molecule has 0 aliphatic carbocycles. The van der Waals surface area contributed by atoms with Crippen LogP contribution in [0.4, 0.5) is 0 Å². The lowest BCUT2D eigenvalue weighted by Crippen LogP contribution is -2.44. The predicted octanol–water partition coefficient (Wildman–Crippen LogP) is 0.121. The van der Waals surface area contributed by atoms with Gasteiger partial charge in [0.1, 0.15) is 6.10 Å². The van der Waals surface area contributed by atoms with Crippen molar-refractivity contribution in [2.75, 3.05) is 0 Å². The highest BCUT2D eigenvalue weighted by Crippen LogP contribution is 2.51. The molecule has 84 valence electrons. The number of epoxide rings is 1. The number of halogens is 1. The Morgan fingerprint density at radius 1 is 1.25 bits per heavy atom. The fraction of sp³-hybridized carbons (Fsp3) is 0.200. The van der Waals surface area contributed by atoms with Crippen molar-refractivity contribution in [3.8, 4) is 0 Å². The van der Waals surface area contributed by atoms with E-state index in [0.29, 0.717) is 10.6 Å². The largest absolute Gasteiger partial charge is 0.367 e. The van der Waals surface area contributed by atoms with Crippen LogP contribution in [0.5, 0.6) is 0 Å². The Balaban J connectivity index is 2.38. The molecule has 2 rings (SSSR count). The summed E-state index contributed by atoms with van der Waals surface area (Å²) in [6.07, 6.45) is -0.781. The van der Waals surface area contributed by atoms with Gasteiger partial charge in [-0.05, 0) is 6.07 Å². The summed E-state index contributed by atoms with van der Waals surface area (Å²) < 4.78 is 5.06. The molecule has 16 heavy (non-hydrogen) atoms. The molecule has 1 aliphatic rings. The Labute approximate surface area is 96.3 Å². The normalized spacial score (nSPS) is 21.4. The van der Waals surface area contributed by atoms with Crippen molar-refractivity contribution in [1.82, 2.24) is 0 Å². The molecule has 0 radical (unpaired) electrons. The third-order valence-corrected chi connectivity index (χ3v) is 2.88. The molecule has 0 bridgehead atoms. The van der Waals surface area contributed by atoms with Crippen LogP contribution in [0.15, 0.2) is 24.3 Å². The zero-order chi connectivity index (χ0) is 11.9.